The van der Waals surface area contributed by atoms with Crippen LogP contribution < -0.4 is 5.32 Å². The van der Waals surface area contributed by atoms with Gasteiger partial charge in [0.25, 0.3) is 0 Å². The predicted octanol–water partition coefficient (Wildman–Crippen LogP) is 3.74. The monoisotopic (exact) mass is 298 g/mol. The van der Waals surface area contributed by atoms with Crippen LogP contribution in [-0.2, 0) is 12.6 Å². The molecule has 2 aromatic rings. The van der Waals surface area contributed by atoms with Crippen LogP contribution in [0.5, 0.6) is 0 Å². The topological polar surface area (TPSA) is 24.9 Å². The van der Waals surface area contributed by atoms with Crippen LogP contribution in [0.15, 0.2) is 42.6 Å². The first-order chi connectivity index (χ1) is 9.91. The van der Waals surface area contributed by atoms with Gasteiger partial charge in [0, 0.05) is 6.20 Å². The standard InChI is InChI=1S/C15H14F4N2/c1-20-14(8-10-4-2-3-5-12(10)16)13-7-6-11(9-21-13)15(17,18)19/h2-7,9,14,20H,8H2,1H3. The number of nitrogens with one attached hydrogen (secondary N) is 1. The Labute approximate surface area is 119 Å². The van der Waals surface area contributed by atoms with Crippen molar-refractivity contribution in [1.29, 1.82) is 0 Å². The first kappa shape index (κ1) is 15.4. The van der Waals surface area contributed by atoms with Gasteiger partial charge < -0.3 is 5.32 Å². The van der Waals surface area contributed by atoms with E-state index in [9.17, 15) is 17.6 Å². The van der Waals surface area contributed by atoms with E-state index >= 15 is 0 Å². The minimum absolute atomic E-state index is 0.307. The summed E-state index contributed by atoms with van der Waals surface area (Å²) in [4.78, 5) is 3.84. The molecule has 0 saturated carbocycles. The highest BCUT2D eigenvalue weighted by molar-refractivity contribution is 5.23. The largest absolute Gasteiger partial charge is 0.417 e. The molecule has 0 aliphatic heterocycles. The smallest absolute Gasteiger partial charge is 0.311 e. The molecule has 2 rings (SSSR count). The van der Waals surface area contributed by atoms with Crippen LogP contribution in [0.1, 0.15) is 22.9 Å². The number of rotatable bonds is 4. The van der Waals surface area contributed by atoms with Crippen molar-refractivity contribution in [3.05, 3.63) is 65.2 Å². The number of hydrogen-bond acceptors (Lipinski definition) is 2. The molecule has 0 radical (unpaired) electrons. The highest BCUT2D eigenvalue weighted by atomic mass is 19.4. The third-order valence-electron chi connectivity index (χ3n) is 3.20. The van der Waals surface area contributed by atoms with Gasteiger partial charge >= 0.3 is 6.18 Å². The fourth-order valence-electron chi connectivity index (χ4n) is 2.02. The first-order valence-corrected chi connectivity index (χ1v) is 6.35. The van der Waals surface area contributed by atoms with Gasteiger partial charge in [0.05, 0.1) is 17.3 Å². The van der Waals surface area contributed by atoms with E-state index in [1.54, 1.807) is 25.2 Å². The molecular weight excluding hydrogens is 284 g/mol. The summed E-state index contributed by atoms with van der Waals surface area (Å²) in [5.74, 6) is -0.343. The van der Waals surface area contributed by atoms with E-state index in [2.05, 4.69) is 10.3 Å². The number of benzene rings is 1. The SMILES string of the molecule is CNC(Cc1ccccc1F)c1ccc(C(F)(F)F)cn1. The molecule has 0 fully saturated rings. The number of likely N-dealkylation sites (N-methyl/N-ethyl adjacent to an activating group) is 1. The van der Waals surface area contributed by atoms with Crippen LogP contribution in [0, 0.1) is 5.82 Å². The molecule has 0 aliphatic rings. The second-order valence-corrected chi connectivity index (χ2v) is 4.61. The van der Waals surface area contributed by atoms with Crippen LogP contribution in [0.3, 0.4) is 0 Å². The molecule has 1 aromatic heterocycles. The lowest BCUT2D eigenvalue weighted by atomic mass is 10.0. The van der Waals surface area contributed by atoms with Crippen LogP contribution in [0.25, 0.3) is 0 Å². The third kappa shape index (κ3) is 3.78. The summed E-state index contributed by atoms with van der Waals surface area (Å²) < 4.78 is 51.1. The Morgan fingerprint density at radius 1 is 1.14 bits per heavy atom. The highest BCUT2D eigenvalue weighted by Gasteiger charge is 2.31. The second-order valence-electron chi connectivity index (χ2n) is 4.61. The molecule has 112 valence electrons. The molecule has 1 unspecified atom stereocenters. The molecule has 1 atom stereocenters. The summed E-state index contributed by atoms with van der Waals surface area (Å²) in [5.41, 5.74) is 0.124. The maximum atomic E-state index is 13.6. The van der Waals surface area contributed by atoms with Gasteiger partial charge in [0.1, 0.15) is 5.82 Å². The lowest BCUT2D eigenvalue weighted by Gasteiger charge is -2.17. The molecule has 0 aliphatic carbocycles. The number of pyridine rings is 1. The zero-order valence-electron chi connectivity index (χ0n) is 11.3. The van der Waals surface area contributed by atoms with Gasteiger partial charge in [-0.15, -0.1) is 0 Å². The van der Waals surface area contributed by atoms with E-state index in [1.165, 1.54) is 12.1 Å². The zero-order valence-corrected chi connectivity index (χ0v) is 11.3. The minimum Gasteiger partial charge on any atom is -0.311 e. The molecular formula is C15H14F4N2. The molecule has 0 saturated heterocycles. The molecule has 0 spiro atoms. The number of nitrogens with zero attached hydrogens (tertiary/aromatic N) is 1. The van der Waals surface area contributed by atoms with E-state index in [-0.39, 0.29) is 11.9 Å². The van der Waals surface area contributed by atoms with Gasteiger partial charge in [-0.1, -0.05) is 18.2 Å². The molecule has 2 nitrogen and oxygen atoms in total. The number of aromatic nitrogens is 1. The Bertz CT molecular complexity index is 593. The van der Waals surface area contributed by atoms with Gasteiger partial charge in [-0.2, -0.15) is 13.2 Å². The number of hydrogen-bond donors (Lipinski definition) is 1. The third-order valence-corrected chi connectivity index (χ3v) is 3.20. The summed E-state index contributed by atoms with van der Waals surface area (Å²) in [6.45, 7) is 0. The molecule has 1 N–H and O–H groups in total. The van der Waals surface area contributed by atoms with Crippen molar-refractivity contribution in [3.63, 3.8) is 0 Å². The average Bonchev–Trinajstić information content (AvgIpc) is 2.46. The van der Waals surface area contributed by atoms with Crippen molar-refractivity contribution >= 4 is 0 Å². The molecule has 0 bridgehead atoms. The average molecular weight is 298 g/mol. The Balaban J connectivity index is 2.20. The van der Waals surface area contributed by atoms with Gasteiger partial charge in [-0.05, 0) is 37.2 Å². The van der Waals surface area contributed by atoms with Crippen molar-refractivity contribution in [2.24, 2.45) is 0 Å². The molecule has 0 amide bonds. The Kier molecular flexibility index (Phi) is 4.57. The summed E-state index contributed by atoms with van der Waals surface area (Å²) >= 11 is 0. The maximum absolute atomic E-state index is 13.6. The fraction of sp³-hybridized carbons (Fsp3) is 0.267. The fourth-order valence-corrected chi connectivity index (χ4v) is 2.02. The predicted molar refractivity (Wildman–Crippen MR) is 71.1 cm³/mol. The summed E-state index contributed by atoms with van der Waals surface area (Å²) in [6, 6.07) is 8.23. The Hall–Kier alpha value is -1.95. The van der Waals surface area contributed by atoms with Gasteiger partial charge in [-0.25, -0.2) is 4.39 Å². The van der Waals surface area contributed by atoms with E-state index in [0.29, 0.717) is 17.7 Å². The van der Waals surface area contributed by atoms with E-state index in [0.717, 1.165) is 12.3 Å². The molecule has 1 aromatic carbocycles. The summed E-state index contributed by atoms with van der Waals surface area (Å²) in [6.07, 6.45) is -3.31. The summed E-state index contributed by atoms with van der Waals surface area (Å²) in [7, 11) is 1.66. The molecule has 6 heteroatoms. The number of alkyl halides is 3. The minimum atomic E-state index is -4.41. The van der Waals surface area contributed by atoms with Crippen molar-refractivity contribution in [2.45, 2.75) is 18.6 Å². The highest BCUT2D eigenvalue weighted by Crippen LogP contribution is 2.29. The maximum Gasteiger partial charge on any atom is 0.417 e. The van der Waals surface area contributed by atoms with E-state index in [1.807, 2.05) is 0 Å². The van der Waals surface area contributed by atoms with Crippen LogP contribution >= 0.6 is 0 Å². The van der Waals surface area contributed by atoms with E-state index in [4.69, 9.17) is 0 Å². The second kappa shape index (κ2) is 6.22. The molecule has 1 heterocycles. The van der Waals surface area contributed by atoms with Crippen molar-refractivity contribution < 1.29 is 17.6 Å². The lowest BCUT2D eigenvalue weighted by Crippen LogP contribution is -2.21. The zero-order chi connectivity index (χ0) is 15.5. The van der Waals surface area contributed by atoms with Gasteiger partial charge in [-0.3, -0.25) is 4.98 Å². The van der Waals surface area contributed by atoms with Gasteiger partial charge in [0.2, 0.25) is 0 Å². The Morgan fingerprint density at radius 2 is 1.86 bits per heavy atom. The van der Waals surface area contributed by atoms with Crippen molar-refractivity contribution in [2.75, 3.05) is 7.05 Å². The summed E-state index contributed by atoms with van der Waals surface area (Å²) in [5, 5.41) is 2.94. The normalized spacial score (nSPS) is 13.2. The lowest BCUT2D eigenvalue weighted by molar-refractivity contribution is -0.137. The van der Waals surface area contributed by atoms with Crippen molar-refractivity contribution in [3.8, 4) is 0 Å². The number of halogens is 4. The van der Waals surface area contributed by atoms with Crippen LogP contribution in [-0.4, -0.2) is 12.0 Å². The van der Waals surface area contributed by atoms with Gasteiger partial charge in [0.15, 0.2) is 0 Å². The van der Waals surface area contributed by atoms with E-state index < -0.39 is 11.7 Å². The molecule has 21 heavy (non-hydrogen) atoms. The quantitative estimate of drug-likeness (QED) is 0.870. The first-order valence-electron chi connectivity index (χ1n) is 6.35. The Morgan fingerprint density at radius 3 is 2.38 bits per heavy atom. The van der Waals surface area contributed by atoms with Crippen molar-refractivity contribution in [1.82, 2.24) is 10.3 Å². The van der Waals surface area contributed by atoms with Crippen LogP contribution in [0.2, 0.25) is 0 Å². The van der Waals surface area contributed by atoms with Crippen LogP contribution in [0.4, 0.5) is 17.6 Å².